The number of carbonyl (C=O) groups excluding carboxylic acids is 1. The quantitative estimate of drug-likeness (QED) is 0.667. The van der Waals surface area contributed by atoms with Gasteiger partial charge in [0.2, 0.25) is 5.13 Å². The van der Waals surface area contributed by atoms with Crippen molar-refractivity contribution in [3.8, 4) is 10.6 Å². The van der Waals surface area contributed by atoms with Crippen LogP contribution in [0.4, 0.5) is 5.13 Å². The summed E-state index contributed by atoms with van der Waals surface area (Å²) in [7, 11) is 0. The van der Waals surface area contributed by atoms with Gasteiger partial charge in [-0.05, 0) is 46.9 Å². The van der Waals surface area contributed by atoms with Gasteiger partial charge in [-0.2, -0.15) is 0 Å². The maximum absolute atomic E-state index is 12.1. The normalized spacial score (nSPS) is 10.3. The first kappa shape index (κ1) is 14.2. The number of nitrogens with one attached hydrogen (secondary N) is 1. The molecule has 4 nitrogen and oxygen atoms in total. The molecule has 1 heterocycles. The predicted octanol–water partition coefficient (Wildman–Crippen LogP) is 4.06. The first-order chi connectivity index (χ1) is 10.2. The molecule has 0 saturated heterocycles. The van der Waals surface area contributed by atoms with Crippen LogP contribution in [0.15, 0.2) is 54.6 Å². The maximum atomic E-state index is 12.1. The van der Waals surface area contributed by atoms with Crippen LogP contribution in [-0.2, 0) is 0 Å². The Hall–Kier alpha value is -1.80. The number of halogens is 1. The first-order valence-electron chi connectivity index (χ1n) is 6.18. The van der Waals surface area contributed by atoms with Gasteiger partial charge in [0.1, 0.15) is 5.01 Å². The number of aromatic nitrogens is 2. The molecule has 0 fully saturated rings. The lowest BCUT2D eigenvalue weighted by Crippen LogP contribution is -2.11. The third kappa shape index (κ3) is 3.45. The number of nitrogens with zero attached hydrogens (tertiary/aromatic N) is 2. The lowest BCUT2D eigenvalue weighted by Gasteiger charge is -2.00. The summed E-state index contributed by atoms with van der Waals surface area (Å²) in [6, 6.07) is 17.1. The highest BCUT2D eigenvalue weighted by molar-refractivity contribution is 14.1. The van der Waals surface area contributed by atoms with Crippen LogP contribution in [-0.4, -0.2) is 16.1 Å². The fourth-order valence-electron chi connectivity index (χ4n) is 1.74. The van der Waals surface area contributed by atoms with Crippen molar-refractivity contribution in [3.05, 3.63) is 63.7 Å². The van der Waals surface area contributed by atoms with Crippen molar-refractivity contribution in [2.75, 3.05) is 5.32 Å². The molecule has 0 unspecified atom stereocenters. The number of amides is 1. The summed E-state index contributed by atoms with van der Waals surface area (Å²) in [5.74, 6) is -0.179. The average molecular weight is 407 g/mol. The standard InChI is InChI=1S/C15H10IN3OS/c16-12-8-6-10(7-9-12)13(20)17-15-19-18-14(21-15)11-4-2-1-3-5-11/h1-9H,(H,17,19,20). The van der Waals surface area contributed by atoms with Gasteiger partial charge in [-0.15, -0.1) is 10.2 Å². The van der Waals surface area contributed by atoms with E-state index in [9.17, 15) is 4.79 Å². The van der Waals surface area contributed by atoms with Crippen molar-refractivity contribution < 1.29 is 4.79 Å². The molecule has 21 heavy (non-hydrogen) atoms. The van der Waals surface area contributed by atoms with Crippen LogP contribution in [0.25, 0.3) is 10.6 Å². The largest absolute Gasteiger partial charge is 0.296 e. The molecule has 104 valence electrons. The van der Waals surface area contributed by atoms with E-state index in [2.05, 4.69) is 38.1 Å². The fraction of sp³-hybridized carbons (Fsp3) is 0. The number of hydrogen-bond acceptors (Lipinski definition) is 4. The Morgan fingerprint density at radius 1 is 1.00 bits per heavy atom. The molecule has 0 atom stereocenters. The Labute approximate surface area is 139 Å². The van der Waals surface area contributed by atoms with Gasteiger partial charge in [0.15, 0.2) is 0 Å². The minimum absolute atomic E-state index is 0.179. The molecule has 2 aromatic carbocycles. The lowest BCUT2D eigenvalue weighted by molar-refractivity contribution is 0.102. The highest BCUT2D eigenvalue weighted by atomic mass is 127. The Bertz CT molecular complexity index is 756. The van der Waals surface area contributed by atoms with E-state index in [1.54, 1.807) is 12.1 Å². The van der Waals surface area contributed by atoms with Gasteiger partial charge >= 0.3 is 0 Å². The van der Waals surface area contributed by atoms with Crippen molar-refractivity contribution in [3.63, 3.8) is 0 Å². The lowest BCUT2D eigenvalue weighted by atomic mass is 10.2. The molecule has 6 heteroatoms. The Morgan fingerprint density at radius 2 is 1.71 bits per heavy atom. The SMILES string of the molecule is O=C(Nc1nnc(-c2ccccc2)s1)c1ccc(I)cc1. The van der Waals surface area contributed by atoms with E-state index in [1.807, 2.05) is 42.5 Å². The monoisotopic (exact) mass is 407 g/mol. The Kier molecular flexibility index (Phi) is 4.26. The molecule has 0 radical (unpaired) electrons. The second-order valence-electron chi connectivity index (χ2n) is 4.24. The Balaban J connectivity index is 1.75. The number of benzene rings is 2. The zero-order valence-electron chi connectivity index (χ0n) is 10.8. The number of anilines is 1. The van der Waals surface area contributed by atoms with Crippen LogP contribution in [0.1, 0.15) is 10.4 Å². The van der Waals surface area contributed by atoms with E-state index in [-0.39, 0.29) is 5.91 Å². The van der Waals surface area contributed by atoms with Gasteiger partial charge in [-0.25, -0.2) is 0 Å². The molecule has 1 aromatic heterocycles. The molecule has 3 aromatic rings. The second kappa shape index (κ2) is 6.31. The van der Waals surface area contributed by atoms with E-state index >= 15 is 0 Å². The highest BCUT2D eigenvalue weighted by Gasteiger charge is 2.10. The first-order valence-corrected chi connectivity index (χ1v) is 8.08. The molecule has 0 aliphatic rings. The van der Waals surface area contributed by atoms with Gasteiger partial charge in [-0.1, -0.05) is 41.7 Å². The zero-order chi connectivity index (χ0) is 14.7. The van der Waals surface area contributed by atoms with Crippen molar-refractivity contribution in [1.82, 2.24) is 10.2 Å². The van der Waals surface area contributed by atoms with Gasteiger partial charge < -0.3 is 0 Å². The van der Waals surface area contributed by atoms with Gasteiger partial charge in [0, 0.05) is 14.7 Å². The van der Waals surface area contributed by atoms with Crippen molar-refractivity contribution in [2.24, 2.45) is 0 Å². The van der Waals surface area contributed by atoms with Crippen molar-refractivity contribution >= 4 is 45.0 Å². The minimum Gasteiger partial charge on any atom is -0.296 e. The highest BCUT2D eigenvalue weighted by Crippen LogP contribution is 2.26. The van der Waals surface area contributed by atoms with E-state index < -0.39 is 0 Å². The summed E-state index contributed by atoms with van der Waals surface area (Å²) < 4.78 is 1.09. The van der Waals surface area contributed by atoms with Crippen LogP contribution in [0.3, 0.4) is 0 Å². The van der Waals surface area contributed by atoms with Gasteiger partial charge in [0.05, 0.1) is 0 Å². The summed E-state index contributed by atoms with van der Waals surface area (Å²) in [6.07, 6.45) is 0. The molecule has 1 amide bonds. The molecule has 0 saturated carbocycles. The zero-order valence-corrected chi connectivity index (χ0v) is 13.8. The summed E-state index contributed by atoms with van der Waals surface area (Å²) in [4.78, 5) is 12.1. The third-order valence-electron chi connectivity index (χ3n) is 2.77. The molecule has 0 spiro atoms. The molecule has 0 aliphatic carbocycles. The van der Waals surface area contributed by atoms with Crippen LogP contribution >= 0.6 is 33.9 Å². The summed E-state index contributed by atoms with van der Waals surface area (Å²) >= 11 is 3.56. The molecule has 0 bridgehead atoms. The predicted molar refractivity (Wildman–Crippen MR) is 92.5 cm³/mol. The van der Waals surface area contributed by atoms with Gasteiger partial charge in [0.25, 0.3) is 5.91 Å². The third-order valence-corrected chi connectivity index (χ3v) is 4.38. The maximum Gasteiger partial charge on any atom is 0.257 e. The van der Waals surface area contributed by atoms with Crippen LogP contribution in [0.5, 0.6) is 0 Å². The van der Waals surface area contributed by atoms with Crippen LogP contribution in [0.2, 0.25) is 0 Å². The molecule has 0 aliphatic heterocycles. The molecular weight excluding hydrogens is 397 g/mol. The average Bonchev–Trinajstić information content (AvgIpc) is 2.97. The summed E-state index contributed by atoms with van der Waals surface area (Å²) in [6.45, 7) is 0. The van der Waals surface area contributed by atoms with Crippen LogP contribution < -0.4 is 5.32 Å². The van der Waals surface area contributed by atoms with Crippen molar-refractivity contribution in [2.45, 2.75) is 0 Å². The smallest absolute Gasteiger partial charge is 0.257 e. The van der Waals surface area contributed by atoms with E-state index in [0.717, 1.165) is 14.1 Å². The number of hydrogen-bond donors (Lipinski definition) is 1. The van der Waals surface area contributed by atoms with Crippen molar-refractivity contribution in [1.29, 1.82) is 0 Å². The second-order valence-corrected chi connectivity index (χ2v) is 6.46. The fourth-order valence-corrected chi connectivity index (χ4v) is 2.85. The van der Waals surface area contributed by atoms with Gasteiger partial charge in [-0.3, -0.25) is 10.1 Å². The van der Waals surface area contributed by atoms with E-state index in [0.29, 0.717) is 10.7 Å². The molecular formula is C15H10IN3OS. The molecule has 1 N–H and O–H groups in total. The van der Waals surface area contributed by atoms with Crippen LogP contribution in [0, 0.1) is 3.57 Å². The van der Waals surface area contributed by atoms with E-state index in [1.165, 1.54) is 11.3 Å². The topological polar surface area (TPSA) is 54.9 Å². The molecule has 3 rings (SSSR count). The minimum atomic E-state index is -0.179. The summed E-state index contributed by atoms with van der Waals surface area (Å²) in [5, 5.41) is 12.2. The number of carbonyl (C=O) groups is 1. The van der Waals surface area contributed by atoms with E-state index in [4.69, 9.17) is 0 Å². The Morgan fingerprint density at radius 3 is 2.43 bits per heavy atom. The number of rotatable bonds is 3. The summed E-state index contributed by atoms with van der Waals surface area (Å²) in [5.41, 5.74) is 1.59.